The summed E-state index contributed by atoms with van der Waals surface area (Å²) in [5.74, 6) is -3.70. The number of carbonyl (C=O) groups excluding carboxylic acids is 6. The van der Waals surface area contributed by atoms with Crippen LogP contribution in [-0.2, 0) is 71.4 Å². The molecule has 0 N–H and O–H groups in total. The van der Waals surface area contributed by atoms with Crippen LogP contribution in [0.25, 0.3) is 0 Å². The summed E-state index contributed by atoms with van der Waals surface area (Å²) < 4.78 is 52.2. The lowest BCUT2D eigenvalue weighted by Gasteiger charge is -2.44. The van der Waals surface area contributed by atoms with Crippen LogP contribution >= 0.6 is 0 Å². The Bertz CT molecular complexity index is 996. The van der Waals surface area contributed by atoms with Crippen molar-refractivity contribution in [2.75, 3.05) is 13.2 Å². The van der Waals surface area contributed by atoms with Crippen LogP contribution in [0.5, 0.6) is 0 Å². The van der Waals surface area contributed by atoms with Crippen LogP contribution in [0.1, 0.15) is 119 Å². The second-order valence-electron chi connectivity index (χ2n) is 11.9. The third kappa shape index (κ3) is 13.9. The van der Waals surface area contributed by atoms with Gasteiger partial charge in [-0.05, 0) is 38.5 Å². The van der Waals surface area contributed by atoms with Crippen LogP contribution in [0.2, 0.25) is 0 Å². The van der Waals surface area contributed by atoms with E-state index < -0.39 is 85.0 Å². The highest BCUT2D eigenvalue weighted by Gasteiger charge is 2.53. The molecule has 15 heteroatoms. The molecule has 2 rings (SSSR count). The highest BCUT2D eigenvalue weighted by atomic mass is 16.8. The van der Waals surface area contributed by atoms with Crippen molar-refractivity contribution in [3.05, 3.63) is 0 Å². The molecular weight excluding hydrogens is 648 g/mol. The fraction of sp³-hybridized carbons (Fsp3) is 0.824. The van der Waals surface area contributed by atoms with Gasteiger partial charge in [0.05, 0.1) is 13.2 Å². The third-order valence-electron chi connectivity index (χ3n) is 7.40. The number of hydrogen-bond acceptors (Lipinski definition) is 15. The Kier molecular flexibility index (Phi) is 19.2. The van der Waals surface area contributed by atoms with Crippen molar-refractivity contribution in [2.24, 2.45) is 0 Å². The predicted octanol–water partition coefficient (Wildman–Crippen LogP) is 3.99. The van der Waals surface area contributed by atoms with E-state index in [2.05, 4.69) is 0 Å². The Hall–Kier alpha value is -3.30. The van der Waals surface area contributed by atoms with Gasteiger partial charge in [-0.25, -0.2) is 0 Å². The molecule has 0 spiro atoms. The maximum absolute atomic E-state index is 12.9. The molecule has 0 aromatic rings. The van der Waals surface area contributed by atoms with E-state index in [1.54, 1.807) is 41.5 Å². The Morgan fingerprint density at radius 2 is 0.653 bits per heavy atom. The topological polar surface area (TPSA) is 185 Å². The fourth-order valence-electron chi connectivity index (χ4n) is 5.11. The lowest BCUT2D eigenvalue weighted by Crippen LogP contribution is -2.62. The minimum absolute atomic E-state index is 0.0105. The van der Waals surface area contributed by atoms with Crippen LogP contribution < -0.4 is 0 Å². The highest BCUT2D eigenvalue weighted by Crippen LogP contribution is 2.32. The number of carbonyl (C=O) groups is 6. The molecule has 15 nitrogen and oxygen atoms in total. The highest BCUT2D eigenvalue weighted by molar-refractivity contribution is 5.72. The molecule has 0 aromatic carbocycles. The first-order valence-electron chi connectivity index (χ1n) is 17.6. The van der Waals surface area contributed by atoms with E-state index in [4.69, 9.17) is 42.6 Å². The van der Waals surface area contributed by atoms with Crippen molar-refractivity contribution in [3.63, 3.8) is 0 Å². The van der Waals surface area contributed by atoms with Crippen molar-refractivity contribution in [2.45, 2.75) is 168 Å². The molecule has 280 valence electrons. The Morgan fingerprint density at radius 1 is 0.408 bits per heavy atom. The first-order chi connectivity index (χ1) is 23.5. The van der Waals surface area contributed by atoms with Crippen LogP contribution in [0.4, 0.5) is 0 Å². The summed E-state index contributed by atoms with van der Waals surface area (Å²) in [6.45, 7) is 10.1. The molecule has 49 heavy (non-hydrogen) atoms. The Labute approximate surface area is 288 Å². The predicted molar refractivity (Wildman–Crippen MR) is 169 cm³/mol. The van der Waals surface area contributed by atoms with Gasteiger partial charge in [0.25, 0.3) is 0 Å². The largest absolute Gasteiger partial charge is 0.456 e. The van der Waals surface area contributed by atoms with Gasteiger partial charge in [-0.3, -0.25) is 28.8 Å². The van der Waals surface area contributed by atoms with Crippen LogP contribution in [0.15, 0.2) is 0 Å². The van der Waals surface area contributed by atoms with E-state index in [1.165, 1.54) is 0 Å². The maximum atomic E-state index is 12.9. The summed E-state index contributed by atoms with van der Waals surface area (Å²) in [5.41, 5.74) is 0. The van der Waals surface area contributed by atoms with E-state index in [9.17, 15) is 28.8 Å². The van der Waals surface area contributed by atoms with Crippen molar-refractivity contribution in [1.82, 2.24) is 0 Å². The van der Waals surface area contributed by atoms with Crippen LogP contribution in [0, 0.1) is 0 Å². The zero-order chi connectivity index (χ0) is 36.3. The number of rotatable bonds is 20. The number of hydrogen-bond donors (Lipinski definition) is 0. The molecule has 0 bridgehead atoms. The normalized spacial score (nSPS) is 26.6. The molecule has 2 aliphatic rings. The lowest BCUT2D eigenvalue weighted by molar-refractivity contribution is -0.353. The Balaban J connectivity index is 2.53. The SMILES string of the molecule is CCCC(=O)O[C@@H]1[C@@H](OC(=O)CCC)[C@@H](O[C@H]2OC[C@@H](OC(=O)CCC)[C@H](OC(=O)CCC)[C@H]2OC(=O)CCC)OC[C@H]1OC(=O)CCC. The second kappa shape index (κ2) is 22.4. The summed E-state index contributed by atoms with van der Waals surface area (Å²) >= 11 is 0. The summed E-state index contributed by atoms with van der Waals surface area (Å²) in [4.78, 5) is 76.3. The average molecular weight is 703 g/mol. The smallest absolute Gasteiger partial charge is 0.306 e. The van der Waals surface area contributed by atoms with E-state index >= 15 is 0 Å². The van der Waals surface area contributed by atoms with Crippen molar-refractivity contribution >= 4 is 35.8 Å². The number of esters is 6. The van der Waals surface area contributed by atoms with Crippen LogP contribution in [0.3, 0.4) is 0 Å². The molecule has 0 unspecified atom stereocenters. The standard InChI is InChI=1S/C34H54O15/c1-7-13-23(35)43-21-19-41-33(31(47-27(39)17-11-5)29(21)45-25(37)15-9-3)49-34-32(48-28(40)18-12-6)30(46-26(38)16-10-4)22(20-42-34)44-24(36)14-8-2/h21-22,29-34H,7-20H2,1-6H3/t21-,22-,29+,30+,31-,32-,33-,34-/m1/s1. The molecule has 2 aliphatic heterocycles. The quantitative estimate of drug-likeness (QED) is 0.131. The molecule has 0 saturated carbocycles. The van der Waals surface area contributed by atoms with Gasteiger partial charge in [0.2, 0.25) is 12.6 Å². The number of ether oxygens (including phenoxy) is 9. The minimum Gasteiger partial charge on any atom is -0.456 e. The maximum Gasteiger partial charge on any atom is 0.306 e. The van der Waals surface area contributed by atoms with E-state index in [0.717, 1.165) is 0 Å². The van der Waals surface area contributed by atoms with Gasteiger partial charge in [0.15, 0.2) is 36.6 Å². The van der Waals surface area contributed by atoms with Crippen molar-refractivity contribution in [1.29, 1.82) is 0 Å². The Morgan fingerprint density at radius 3 is 0.918 bits per heavy atom. The average Bonchev–Trinajstić information content (AvgIpc) is 3.03. The minimum atomic E-state index is -1.50. The molecule has 0 aromatic heterocycles. The summed E-state index contributed by atoms with van der Waals surface area (Å²) in [6, 6.07) is 0. The fourth-order valence-corrected chi connectivity index (χ4v) is 5.11. The molecular formula is C34H54O15. The van der Waals surface area contributed by atoms with E-state index in [1.807, 2.05) is 0 Å². The molecule has 0 amide bonds. The van der Waals surface area contributed by atoms with Gasteiger partial charge in [-0.2, -0.15) is 0 Å². The third-order valence-corrected chi connectivity index (χ3v) is 7.40. The summed E-state index contributed by atoms with van der Waals surface area (Å²) in [7, 11) is 0. The van der Waals surface area contributed by atoms with Gasteiger partial charge in [-0.1, -0.05) is 41.5 Å². The molecule has 2 saturated heterocycles. The van der Waals surface area contributed by atoms with Crippen LogP contribution in [-0.4, -0.2) is 98.2 Å². The van der Waals surface area contributed by atoms with Crippen molar-refractivity contribution in [3.8, 4) is 0 Å². The molecule has 0 radical (unpaired) electrons. The van der Waals surface area contributed by atoms with Gasteiger partial charge in [0, 0.05) is 38.5 Å². The van der Waals surface area contributed by atoms with E-state index in [-0.39, 0.29) is 51.7 Å². The van der Waals surface area contributed by atoms with Gasteiger partial charge >= 0.3 is 35.8 Å². The zero-order valence-corrected chi connectivity index (χ0v) is 29.6. The summed E-state index contributed by atoms with van der Waals surface area (Å²) in [5, 5.41) is 0. The zero-order valence-electron chi connectivity index (χ0n) is 29.6. The van der Waals surface area contributed by atoms with E-state index in [0.29, 0.717) is 38.5 Å². The molecule has 2 heterocycles. The lowest BCUT2D eigenvalue weighted by atomic mass is 10.0. The monoisotopic (exact) mass is 702 g/mol. The molecule has 0 aliphatic carbocycles. The first-order valence-corrected chi connectivity index (χ1v) is 17.6. The second-order valence-corrected chi connectivity index (χ2v) is 11.9. The van der Waals surface area contributed by atoms with Gasteiger partial charge in [-0.15, -0.1) is 0 Å². The summed E-state index contributed by atoms with van der Waals surface area (Å²) in [6.07, 6.45) is -7.74. The molecule has 8 atom stereocenters. The first kappa shape index (κ1) is 41.9. The van der Waals surface area contributed by atoms with Gasteiger partial charge in [0.1, 0.15) is 0 Å². The van der Waals surface area contributed by atoms with Gasteiger partial charge < -0.3 is 42.6 Å². The van der Waals surface area contributed by atoms with Crippen molar-refractivity contribution < 1.29 is 71.4 Å². The molecule has 2 fully saturated rings.